The SMILES string of the molecule is CCCN1C(C(=O)Nc2cccnc2)=CC2C(=O)N(C)C(=O)N(C)C21. The van der Waals surface area contributed by atoms with Crippen LogP contribution in [-0.2, 0) is 9.59 Å². The first-order chi connectivity index (χ1) is 12.0. The number of anilines is 1. The molecule has 1 saturated heterocycles. The Hall–Kier alpha value is -2.90. The molecule has 132 valence electrons. The Morgan fingerprint density at radius 3 is 2.72 bits per heavy atom. The van der Waals surface area contributed by atoms with Gasteiger partial charge in [-0.3, -0.25) is 19.5 Å². The summed E-state index contributed by atoms with van der Waals surface area (Å²) in [4.78, 5) is 45.9. The summed E-state index contributed by atoms with van der Waals surface area (Å²) in [5.41, 5.74) is 0.983. The van der Waals surface area contributed by atoms with Crippen LogP contribution in [0.1, 0.15) is 13.3 Å². The van der Waals surface area contributed by atoms with Gasteiger partial charge in [0.2, 0.25) is 5.91 Å². The number of carbonyl (C=O) groups is 3. The molecule has 2 aliphatic heterocycles. The molecule has 0 aromatic carbocycles. The van der Waals surface area contributed by atoms with E-state index in [0.717, 1.165) is 11.3 Å². The molecule has 1 aromatic heterocycles. The minimum Gasteiger partial charge on any atom is -0.346 e. The summed E-state index contributed by atoms with van der Waals surface area (Å²) >= 11 is 0. The third kappa shape index (κ3) is 2.84. The van der Waals surface area contributed by atoms with Crippen LogP contribution in [0.4, 0.5) is 10.5 Å². The van der Waals surface area contributed by atoms with Gasteiger partial charge in [0.1, 0.15) is 11.9 Å². The predicted molar refractivity (Wildman–Crippen MR) is 91.2 cm³/mol. The van der Waals surface area contributed by atoms with E-state index in [9.17, 15) is 14.4 Å². The highest BCUT2D eigenvalue weighted by Gasteiger charge is 2.50. The van der Waals surface area contributed by atoms with Crippen LogP contribution in [0.3, 0.4) is 0 Å². The van der Waals surface area contributed by atoms with Gasteiger partial charge < -0.3 is 15.1 Å². The molecule has 25 heavy (non-hydrogen) atoms. The molecule has 1 N–H and O–H groups in total. The number of fused-ring (bicyclic) bond motifs is 1. The van der Waals surface area contributed by atoms with Crippen LogP contribution < -0.4 is 5.32 Å². The molecular weight excluding hydrogens is 322 g/mol. The standard InChI is InChI=1S/C17H21N5O3/c1-4-8-22-13(14(23)19-11-6-5-7-18-10-11)9-12-15(22)20(2)17(25)21(3)16(12)24/h5-7,9-10,12,15H,4,8H2,1-3H3,(H,19,23). The second-order valence-electron chi connectivity index (χ2n) is 6.17. The van der Waals surface area contributed by atoms with Crippen molar-refractivity contribution in [3.05, 3.63) is 36.3 Å². The number of amides is 4. The zero-order valence-electron chi connectivity index (χ0n) is 14.5. The van der Waals surface area contributed by atoms with Gasteiger partial charge in [-0.15, -0.1) is 0 Å². The second-order valence-corrected chi connectivity index (χ2v) is 6.17. The predicted octanol–water partition coefficient (Wildman–Crippen LogP) is 1.10. The molecule has 4 amide bonds. The Bertz CT molecular complexity index is 733. The number of pyridine rings is 1. The Kier molecular flexibility index (Phi) is 4.43. The quantitative estimate of drug-likeness (QED) is 0.885. The molecule has 2 unspecified atom stereocenters. The number of hydrogen-bond donors (Lipinski definition) is 1. The molecule has 0 radical (unpaired) electrons. The summed E-state index contributed by atoms with van der Waals surface area (Å²) in [7, 11) is 3.12. The van der Waals surface area contributed by atoms with Gasteiger partial charge in [0.25, 0.3) is 5.91 Å². The van der Waals surface area contributed by atoms with Crippen LogP contribution in [0, 0.1) is 5.92 Å². The van der Waals surface area contributed by atoms with E-state index in [1.807, 2.05) is 11.8 Å². The molecule has 8 heteroatoms. The van der Waals surface area contributed by atoms with Crippen molar-refractivity contribution in [3.8, 4) is 0 Å². The highest BCUT2D eigenvalue weighted by atomic mass is 16.2. The van der Waals surface area contributed by atoms with E-state index in [2.05, 4.69) is 10.3 Å². The van der Waals surface area contributed by atoms with Crippen molar-refractivity contribution >= 4 is 23.5 Å². The average Bonchev–Trinajstić information content (AvgIpc) is 2.99. The van der Waals surface area contributed by atoms with Crippen molar-refractivity contribution in [1.82, 2.24) is 19.7 Å². The van der Waals surface area contributed by atoms with Crippen LogP contribution in [-0.4, -0.2) is 64.3 Å². The zero-order chi connectivity index (χ0) is 18.1. The molecule has 0 spiro atoms. The number of urea groups is 1. The summed E-state index contributed by atoms with van der Waals surface area (Å²) in [5.74, 6) is -1.15. The van der Waals surface area contributed by atoms with Crippen molar-refractivity contribution in [3.63, 3.8) is 0 Å². The Morgan fingerprint density at radius 1 is 1.32 bits per heavy atom. The second kappa shape index (κ2) is 6.54. The Labute approximate surface area is 146 Å². The minimum atomic E-state index is -0.547. The van der Waals surface area contributed by atoms with Crippen LogP contribution in [0.15, 0.2) is 36.3 Å². The fourth-order valence-corrected chi connectivity index (χ4v) is 3.34. The van der Waals surface area contributed by atoms with E-state index < -0.39 is 12.1 Å². The van der Waals surface area contributed by atoms with Crippen molar-refractivity contribution in [2.45, 2.75) is 19.5 Å². The highest BCUT2D eigenvalue weighted by molar-refractivity contribution is 6.06. The van der Waals surface area contributed by atoms with E-state index in [-0.39, 0.29) is 17.8 Å². The number of hydrogen-bond acceptors (Lipinski definition) is 5. The van der Waals surface area contributed by atoms with E-state index in [1.54, 1.807) is 37.7 Å². The van der Waals surface area contributed by atoms with Crippen LogP contribution in [0.25, 0.3) is 0 Å². The van der Waals surface area contributed by atoms with Crippen LogP contribution in [0.5, 0.6) is 0 Å². The molecule has 0 aliphatic carbocycles. The van der Waals surface area contributed by atoms with Crippen molar-refractivity contribution < 1.29 is 14.4 Å². The lowest BCUT2D eigenvalue weighted by molar-refractivity contribution is -0.137. The van der Waals surface area contributed by atoms with Gasteiger partial charge in [-0.25, -0.2) is 4.79 Å². The maximum Gasteiger partial charge on any atom is 0.327 e. The fraction of sp³-hybridized carbons (Fsp3) is 0.412. The molecule has 1 aromatic rings. The van der Waals surface area contributed by atoms with Gasteiger partial charge in [0.05, 0.1) is 17.8 Å². The van der Waals surface area contributed by atoms with E-state index in [0.29, 0.717) is 17.9 Å². The third-order valence-corrected chi connectivity index (χ3v) is 4.51. The van der Waals surface area contributed by atoms with Gasteiger partial charge in [-0.05, 0) is 24.6 Å². The largest absolute Gasteiger partial charge is 0.346 e. The molecule has 3 heterocycles. The van der Waals surface area contributed by atoms with E-state index >= 15 is 0 Å². The third-order valence-electron chi connectivity index (χ3n) is 4.51. The van der Waals surface area contributed by atoms with Gasteiger partial charge in [-0.1, -0.05) is 6.92 Å². The number of aromatic nitrogens is 1. The molecule has 8 nitrogen and oxygen atoms in total. The Morgan fingerprint density at radius 2 is 2.08 bits per heavy atom. The highest BCUT2D eigenvalue weighted by Crippen LogP contribution is 2.34. The van der Waals surface area contributed by atoms with Crippen LogP contribution in [0.2, 0.25) is 0 Å². The number of carbonyl (C=O) groups excluding carboxylic acids is 3. The Balaban J connectivity index is 1.91. The van der Waals surface area contributed by atoms with Crippen molar-refractivity contribution in [2.24, 2.45) is 5.92 Å². The van der Waals surface area contributed by atoms with Crippen molar-refractivity contribution in [2.75, 3.05) is 26.0 Å². The molecule has 2 aliphatic rings. The number of nitrogens with one attached hydrogen (secondary N) is 1. The summed E-state index contributed by atoms with van der Waals surface area (Å²) in [6, 6.07) is 3.11. The number of imide groups is 1. The summed E-state index contributed by atoms with van der Waals surface area (Å²) < 4.78 is 0. The topological polar surface area (TPSA) is 85.9 Å². The first-order valence-electron chi connectivity index (χ1n) is 8.20. The van der Waals surface area contributed by atoms with Crippen molar-refractivity contribution in [1.29, 1.82) is 0 Å². The lowest BCUT2D eigenvalue weighted by Crippen LogP contribution is -2.62. The maximum absolute atomic E-state index is 12.7. The zero-order valence-corrected chi connectivity index (χ0v) is 14.5. The minimum absolute atomic E-state index is 0.293. The molecule has 3 rings (SSSR count). The first-order valence-corrected chi connectivity index (χ1v) is 8.20. The fourth-order valence-electron chi connectivity index (χ4n) is 3.34. The van der Waals surface area contributed by atoms with Gasteiger partial charge in [-0.2, -0.15) is 0 Å². The smallest absolute Gasteiger partial charge is 0.327 e. The average molecular weight is 343 g/mol. The first kappa shape index (κ1) is 16.9. The maximum atomic E-state index is 12.7. The molecule has 2 atom stereocenters. The lowest BCUT2D eigenvalue weighted by atomic mass is 10.0. The van der Waals surface area contributed by atoms with E-state index in [1.165, 1.54) is 11.9 Å². The van der Waals surface area contributed by atoms with Gasteiger partial charge in [0.15, 0.2) is 0 Å². The number of rotatable bonds is 4. The van der Waals surface area contributed by atoms with Crippen LogP contribution >= 0.6 is 0 Å². The normalized spacial score (nSPS) is 22.8. The molecule has 1 fully saturated rings. The summed E-state index contributed by atoms with van der Waals surface area (Å²) in [6.45, 7) is 2.56. The number of nitrogens with zero attached hydrogens (tertiary/aromatic N) is 4. The van der Waals surface area contributed by atoms with Gasteiger partial charge >= 0.3 is 6.03 Å². The molecular formula is C17H21N5O3. The monoisotopic (exact) mass is 343 g/mol. The summed E-state index contributed by atoms with van der Waals surface area (Å²) in [5, 5.41) is 2.79. The summed E-state index contributed by atoms with van der Waals surface area (Å²) in [6.07, 6.45) is 5.16. The van der Waals surface area contributed by atoms with E-state index in [4.69, 9.17) is 0 Å². The van der Waals surface area contributed by atoms with Gasteiger partial charge in [0, 0.05) is 26.8 Å². The molecule has 0 bridgehead atoms. The lowest BCUT2D eigenvalue weighted by Gasteiger charge is -2.43. The molecule has 0 saturated carbocycles.